The van der Waals surface area contributed by atoms with E-state index in [0.29, 0.717) is 5.16 Å². The van der Waals surface area contributed by atoms with Gasteiger partial charge in [0.15, 0.2) is 10.9 Å². The van der Waals surface area contributed by atoms with E-state index >= 15 is 0 Å². The summed E-state index contributed by atoms with van der Waals surface area (Å²) >= 11 is 1.12. The molecule has 0 aliphatic carbocycles. The quantitative estimate of drug-likeness (QED) is 0.187. The molecule has 0 saturated heterocycles. The molecule has 0 radical (unpaired) electrons. The number of halogens is 6. The van der Waals surface area contributed by atoms with Crippen LogP contribution in [0.4, 0.5) is 32.0 Å². The Morgan fingerprint density at radius 3 is 2.32 bits per heavy atom. The fraction of sp³-hybridized carbons (Fsp3) is 0.136. The zero-order chi connectivity index (χ0) is 26.6. The van der Waals surface area contributed by atoms with E-state index < -0.39 is 29.8 Å². The molecule has 4 aromatic rings. The lowest BCUT2D eigenvalue weighted by atomic mass is 10.2. The van der Waals surface area contributed by atoms with Gasteiger partial charge in [-0.2, -0.15) is 13.2 Å². The van der Waals surface area contributed by atoms with Gasteiger partial charge in [0.25, 0.3) is 5.91 Å². The van der Waals surface area contributed by atoms with Crippen LogP contribution in [-0.4, -0.2) is 37.2 Å². The van der Waals surface area contributed by atoms with E-state index in [-0.39, 0.29) is 28.5 Å². The van der Waals surface area contributed by atoms with Crippen LogP contribution in [-0.2, 0) is 11.9 Å². The Morgan fingerprint density at radius 1 is 0.973 bits per heavy atom. The minimum Gasteiger partial charge on any atom is -0.406 e. The van der Waals surface area contributed by atoms with Crippen LogP contribution in [0, 0.1) is 0 Å². The van der Waals surface area contributed by atoms with Gasteiger partial charge in [-0.1, -0.05) is 23.0 Å². The summed E-state index contributed by atoms with van der Waals surface area (Å²) in [4.78, 5) is 21.1. The molecule has 192 valence electrons. The first-order chi connectivity index (χ1) is 17.5. The molecule has 0 aliphatic rings. The lowest BCUT2D eigenvalue weighted by Gasteiger charge is -2.11. The number of hydrogen-bond acceptors (Lipinski definition) is 7. The van der Waals surface area contributed by atoms with Crippen molar-refractivity contribution in [1.82, 2.24) is 25.0 Å². The number of benzene rings is 2. The highest BCUT2D eigenvalue weighted by Crippen LogP contribution is 2.31. The third-order valence-electron chi connectivity index (χ3n) is 4.62. The molecule has 0 saturated carbocycles. The first-order valence-electron chi connectivity index (χ1n) is 10.2. The van der Waals surface area contributed by atoms with Crippen LogP contribution in [0.2, 0.25) is 0 Å². The number of alkyl halides is 6. The Balaban J connectivity index is 1.64. The maximum Gasteiger partial charge on any atom is 0.573 e. The molecule has 2 aromatic heterocycles. The summed E-state index contributed by atoms with van der Waals surface area (Å²) in [7, 11) is 0. The maximum atomic E-state index is 13.0. The van der Waals surface area contributed by atoms with Crippen LogP contribution < -0.4 is 10.1 Å². The van der Waals surface area contributed by atoms with Crippen molar-refractivity contribution in [2.45, 2.75) is 23.4 Å². The number of nitrogens with one attached hydrogen (secondary N) is 1. The van der Waals surface area contributed by atoms with E-state index in [4.69, 9.17) is 0 Å². The van der Waals surface area contributed by atoms with Crippen molar-refractivity contribution in [2.24, 2.45) is 0 Å². The molecular formula is C22H14F6N6O2S. The van der Waals surface area contributed by atoms with E-state index in [1.165, 1.54) is 35.3 Å². The van der Waals surface area contributed by atoms with Crippen LogP contribution in [0.5, 0.6) is 5.75 Å². The molecule has 37 heavy (non-hydrogen) atoms. The van der Waals surface area contributed by atoms with Crippen LogP contribution in [0.15, 0.2) is 72.1 Å². The molecule has 1 amide bonds. The summed E-state index contributed by atoms with van der Waals surface area (Å²) in [5.74, 6) is -1.26. The Kier molecular flexibility index (Phi) is 7.33. The molecule has 0 aliphatic heterocycles. The molecule has 2 aromatic carbocycles. The van der Waals surface area contributed by atoms with E-state index in [0.717, 1.165) is 42.1 Å². The fourth-order valence-electron chi connectivity index (χ4n) is 3.06. The highest BCUT2D eigenvalue weighted by Gasteiger charge is 2.32. The number of amides is 1. The zero-order valence-electron chi connectivity index (χ0n) is 18.3. The van der Waals surface area contributed by atoms with Gasteiger partial charge < -0.3 is 10.1 Å². The Morgan fingerprint density at radius 2 is 1.68 bits per heavy atom. The molecule has 1 N–H and O–H groups in total. The second-order valence-corrected chi connectivity index (χ2v) is 8.13. The first kappa shape index (κ1) is 25.9. The molecule has 2 heterocycles. The van der Waals surface area contributed by atoms with Crippen molar-refractivity contribution in [2.75, 3.05) is 5.32 Å². The largest absolute Gasteiger partial charge is 0.573 e. The van der Waals surface area contributed by atoms with E-state index in [9.17, 15) is 31.1 Å². The number of carbonyl (C=O) groups is 1. The lowest BCUT2D eigenvalue weighted by Crippen LogP contribution is -2.17. The number of ether oxygens (including phenoxy) is 1. The molecule has 0 fully saturated rings. The van der Waals surface area contributed by atoms with Gasteiger partial charge in [-0.15, -0.1) is 18.3 Å². The standard InChI is InChI=1S/C22H14F6N6O2S/c23-21(24,25)13-3-1-4-14(11-13)31-19(35)18-17(12-37-20-29-9-2-10-30-20)34(33-32-18)15-5-7-16(8-6-15)36-22(26,27)28/h1-11H,12H2,(H,31,35). The van der Waals surface area contributed by atoms with Gasteiger partial charge in [-0.3, -0.25) is 4.79 Å². The first-order valence-corrected chi connectivity index (χ1v) is 11.2. The van der Waals surface area contributed by atoms with Gasteiger partial charge in [0, 0.05) is 23.8 Å². The van der Waals surface area contributed by atoms with Gasteiger partial charge in [-0.05, 0) is 48.5 Å². The van der Waals surface area contributed by atoms with E-state index in [2.05, 4.69) is 30.3 Å². The van der Waals surface area contributed by atoms with Crippen molar-refractivity contribution >= 4 is 23.4 Å². The summed E-state index contributed by atoms with van der Waals surface area (Å²) in [5, 5.41) is 10.5. The van der Waals surface area contributed by atoms with Gasteiger partial charge in [-0.25, -0.2) is 14.6 Å². The fourth-order valence-corrected chi connectivity index (χ4v) is 3.86. The lowest BCUT2D eigenvalue weighted by molar-refractivity contribution is -0.274. The monoisotopic (exact) mass is 540 g/mol. The minimum absolute atomic E-state index is 0.0448. The highest BCUT2D eigenvalue weighted by atomic mass is 32.2. The van der Waals surface area contributed by atoms with Gasteiger partial charge >= 0.3 is 12.5 Å². The SMILES string of the molecule is O=C(Nc1cccc(C(F)(F)F)c1)c1nnn(-c2ccc(OC(F)(F)F)cc2)c1CSc1ncccn1. The third kappa shape index (κ3) is 6.75. The zero-order valence-corrected chi connectivity index (χ0v) is 19.1. The summed E-state index contributed by atoms with van der Waals surface area (Å²) in [5.41, 5.74) is -0.826. The van der Waals surface area contributed by atoms with Crippen molar-refractivity contribution in [3.05, 3.63) is 83.9 Å². The Hall–Kier alpha value is -4.14. The molecule has 15 heteroatoms. The molecular weight excluding hydrogens is 526 g/mol. The van der Waals surface area contributed by atoms with E-state index in [1.807, 2.05) is 0 Å². The topological polar surface area (TPSA) is 94.8 Å². The predicted octanol–water partition coefficient (Wildman–Crippen LogP) is 5.52. The molecule has 8 nitrogen and oxygen atoms in total. The van der Waals surface area contributed by atoms with Crippen LogP contribution in [0.1, 0.15) is 21.7 Å². The number of hydrogen-bond donors (Lipinski definition) is 1. The molecule has 0 spiro atoms. The second kappa shape index (κ2) is 10.5. The second-order valence-electron chi connectivity index (χ2n) is 7.19. The Labute approximate surface area is 208 Å². The van der Waals surface area contributed by atoms with Crippen molar-refractivity contribution in [1.29, 1.82) is 0 Å². The third-order valence-corrected chi connectivity index (χ3v) is 5.51. The number of carbonyl (C=O) groups excluding carboxylic acids is 1. The van der Waals surface area contributed by atoms with Crippen molar-refractivity contribution < 1.29 is 35.9 Å². The molecule has 0 bridgehead atoms. The summed E-state index contributed by atoms with van der Waals surface area (Å²) in [6.45, 7) is 0. The van der Waals surface area contributed by atoms with Crippen LogP contribution in [0.3, 0.4) is 0 Å². The minimum atomic E-state index is -4.87. The van der Waals surface area contributed by atoms with Crippen molar-refractivity contribution in [3.63, 3.8) is 0 Å². The predicted molar refractivity (Wildman–Crippen MR) is 119 cm³/mol. The molecule has 0 unspecified atom stereocenters. The van der Waals surface area contributed by atoms with Gasteiger partial charge in [0.2, 0.25) is 0 Å². The number of anilines is 1. The summed E-state index contributed by atoms with van der Waals surface area (Å²) in [6.07, 6.45) is -6.47. The van der Waals surface area contributed by atoms with Gasteiger partial charge in [0.05, 0.1) is 16.9 Å². The average Bonchev–Trinajstić information content (AvgIpc) is 3.26. The average molecular weight is 540 g/mol. The summed E-state index contributed by atoms with van der Waals surface area (Å²) < 4.78 is 81.6. The van der Waals surface area contributed by atoms with Crippen LogP contribution in [0.25, 0.3) is 5.69 Å². The van der Waals surface area contributed by atoms with Gasteiger partial charge in [0.1, 0.15) is 5.75 Å². The van der Waals surface area contributed by atoms with Crippen molar-refractivity contribution in [3.8, 4) is 11.4 Å². The number of aromatic nitrogens is 5. The normalized spacial score (nSPS) is 11.8. The summed E-state index contributed by atoms with van der Waals surface area (Å²) in [6, 6.07) is 10.3. The van der Waals surface area contributed by atoms with E-state index in [1.54, 1.807) is 6.07 Å². The smallest absolute Gasteiger partial charge is 0.406 e. The maximum absolute atomic E-state index is 13.0. The molecule has 4 rings (SSSR count). The molecule has 0 atom stereocenters. The van der Waals surface area contributed by atoms with Crippen LogP contribution >= 0.6 is 11.8 Å². The number of thioether (sulfide) groups is 1. The number of nitrogens with zero attached hydrogens (tertiary/aromatic N) is 5. The highest BCUT2D eigenvalue weighted by molar-refractivity contribution is 7.98. The number of rotatable bonds is 7. The Bertz CT molecular complexity index is 1380.